The average Bonchev–Trinajstić information content (AvgIpc) is 2.36. The molecule has 1 rings (SSSR count). The summed E-state index contributed by atoms with van der Waals surface area (Å²) in [4.78, 5) is 11.4. The van der Waals surface area contributed by atoms with Gasteiger partial charge in [0.2, 0.25) is 15.9 Å². The van der Waals surface area contributed by atoms with Crippen molar-refractivity contribution in [2.45, 2.75) is 49.4 Å². The summed E-state index contributed by atoms with van der Waals surface area (Å²) in [6.45, 7) is 4.94. The predicted molar refractivity (Wildman–Crippen MR) is 76.0 cm³/mol. The smallest absolute Gasteiger partial charge is 0.350 e. The fraction of sp³-hybridized carbons (Fsp3) is 0.727. The zero-order valence-corrected chi connectivity index (χ0v) is 13.8. The molecule has 0 heterocycles. The molecular formula is C11H17F3N2O5S2. The lowest BCUT2D eigenvalue weighted by Gasteiger charge is -2.28. The Morgan fingerprint density at radius 1 is 1.09 bits per heavy atom. The molecule has 0 aliphatic heterocycles. The second-order valence-corrected chi connectivity index (χ2v) is 9.20. The maximum Gasteiger partial charge on any atom is 0.512 e. The van der Waals surface area contributed by atoms with Gasteiger partial charge in [-0.05, 0) is 32.6 Å². The van der Waals surface area contributed by atoms with Crippen LogP contribution in [0.5, 0.6) is 0 Å². The summed E-state index contributed by atoms with van der Waals surface area (Å²) in [6, 6.07) is -0.329. The summed E-state index contributed by atoms with van der Waals surface area (Å²) < 4.78 is 82.9. The number of halogens is 3. The van der Waals surface area contributed by atoms with Crippen molar-refractivity contribution in [3.8, 4) is 0 Å². The largest absolute Gasteiger partial charge is 0.512 e. The molecule has 0 bridgehead atoms. The summed E-state index contributed by atoms with van der Waals surface area (Å²) in [5.74, 6) is -0.394. The Bertz CT molecular complexity index is 677. The number of hydrogen-bond donors (Lipinski definition) is 2. The van der Waals surface area contributed by atoms with E-state index in [-0.39, 0.29) is 37.3 Å². The monoisotopic (exact) mass is 378 g/mol. The van der Waals surface area contributed by atoms with Crippen LogP contribution in [-0.2, 0) is 24.8 Å². The summed E-state index contributed by atoms with van der Waals surface area (Å²) in [5, 5.41) is 1.34. The third kappa shape index (κ3) is 5.18. The van der Waals surface area contributed by atoms with E-state index in [1.54, 1.807) is 0 Å². The van der Waals surface area contributed by atoms with Crippen molar-refractivity contribution in [3.05, 3.63) is 12.2 Å². The number of rotatable bonds is 5. The van der Waals surface area contributed by atoms with E-state index in [4.69, 9.17) is 0 Å². The first-order valence-electron chi connectivity index (χ1n) is 6.56. The molecular weight excluding hydrogens is 361 g/mol. The molecule has 7 nitrogen and oxygen atoms in total. The van der Waals surface area contributed by atoms with E-state index in [0.717, 1.165) is 4.13 Å². The number of nitrogens with one attached hydrogen (secondary N) is 2. The minimum absolute atomic E-state index is 0.0656. The van der Waals surface area contributed by atoms with Crippen molar-refractivity contribution in [2.75, 3.05) is 0 Å². The molecule has 0 spiro atoms. The minimum Gasteiger partial charge on any atom is -0.350 e. The van der Waals surface area contributed by atoms with Gasteiger partial charge in [-0.3, -0.25) is 4.79 Å². The molecule has 1 fully saturated rings. The van der Waals surface area contributed by atoms with E-state index in [0.29, 0.717) is 0 Å². The van der Waals surface area contributed by atoms with Gasteiger partial charge in [0.1, 0.15) is 0 Å². The van der Waals surface area contributed by atoms with Gasteiger partial charge < -0.3 is 5.32 Å². The second-order valence-electron chi connectivity index (χ2n) is 5.30. The molecule has 2 N–H and O–H groups in total. The number of alkyl halides is 3. The van der Waals surface area contributed by atoms with E-state index in [9.17, 15) is 34.8 Å². The van der Waals surface area contributed by atoms with E-state index >= 15 is 0 Å². The van der Waals surface area contributed by atoms with Gasteiger partial charge in [-0.15, -0.1) is 4.13 Å². The second kappa shape index (κ2) is 6.77. The standard InChI is InChI=1S/C11H17F3N2O5S2/c1-7(2)10(17)15-8-3-5-9(6-4-8)22(18,19)16-23(20,21)11(12,13)14/h8-9,16H,1,3-6H2,2H3,(H,15,17). The molecule has 23 heavy (non-hydrogen) atoms. The van der Waals surface area contributed by atoms with Crippen LogP contribution in [0.3, 0.4) is 0 Å². The number of carbonyl (C=O) groups excluding carboxylic acids is 1. The fourth-order valence-corrected chi connectivity index (χ4v) is 5.13. The maximum absolute atomic E-state index is 12.2. The average molecular weight is 378 g/mol. The Morgan fingerprint density at radius 3 is 1.96 bits per heavy atom. The highest BCUT2D eigenvalue weighted by atomic mass is 32.3. The van der Waals surface area contributed by atoms with Gasteiger partial charge in [-0.25, -0.2) is 16.8 Å². The number of sulfonamides is 2. The highest BCUT2D eigenvalue weighted by molar-refractivity contribution is 8.05. The van der Waals surface area contributed by atoms with Crippen LogP contribution < -0.4 is 9.44 Å². The Morgan fingerprint density at radius 2 is 1.57 bits per heavy atom. The zero-order valence-electron chi connectivity index (χ0n) is 12.2. The highest BCUT2D eigenvalue weighted by Gasteiger charge is 2.49. The lowest BCUT2D eigenvalue weighted by atomic mass is 9.95. The summed E-state index contributed by atoms with van der Waals surface area (Å²) >= 11 is 0. The highest BCUT2D eigenvalue weighted by Crippen LogP contribution is 2.27. The molecule has 1 saturated carbocycles. The van der Waals surface area contributed by atoms with Crippen molar-refractivity contribution in [2.24, 2.45) is 0 Å². The van der Waals surface area contributed by atoms with E-state index < -0.39 is 36.7 Å². The van der Waals surface area contributed by atoms with E-state index in [1.807, 2.05) is 0 Å². The maximum atomic E-state index is 12.2. The first kappa shape index (κ1) is 19.9. The van der Waals surface area contributed by atoms with Crippen molar-refractivity contribution in [1.29, 1.82) is 0 Å². The first-order valence-corrected chi connectivity index (χ1v) is 9.59. The van der Waals surface area contributed by atoms with Crippen LogP contribution in [0.25, 0.3) is 0 Å². The van der Waals surface area contributed by atoms with Gasteiger partial charge in [0, 0.05) is 11.6 Å². The van der Waals surface area contributed by atoms with Crippen LogP contribution in [0.15, 0.2) is 12.2 Å². The molecule has 0 aromatic carbocycles. The van der Waals surface area contributed by atoms with Crippen molar-refractivity contribution in [1.82, 2.24) is 9.44 Å². The Balaban J connectivity index is 2.70. The summed E-state index contributed by atoms with van der Waals surface area (Å²) in [7, 11) is -10.6. The van der Waals surface area contributed by atoms with Crippen molar-refractivity contribution >= 4 is 26.0 Å². The minimum atomic E-state index is -5.97. The number of carbonyl (C=O) groups is 1. The number of amides is 1. The van der Waals surface area contributed by atoms with Crippen LogP contribution in [-0.4, -0.2) is 39.5 Å². The quantitative estimate of drug-likeness (QED) is 0.687. The molecule has 0 aromatic rings. The Hall–Kier alpha value is -1.14. The van der Waals surface area contributed by atoms with Gasteiger partial charge in [0.05, 0.1) is 5.25 Å². The third-order valence-corrected chi connectivity index (χ3v) is 7.13. The lowest BCUT2D eigenvalue weighted by Crippen LogP contribution is -2.47. The molecule has 0 atom stereocenters. The molecule has 1 aliphatic rings. The molecule has 1 aliphatic carbocycles. The summed E-state index contributed by atoms with van der Waals surface area (Å²) in [5.41, 5.74) is -5.43. The molecule has 12 heteroatoms. The topological polar surface area (TPSA) is 109 Å². The van der Waals surface area contributed by atoms with Crippen LogP contribution in [0.2, 0.25) is 0 Å². The van der Waals surface area contributed by atoms with Gasteiger partial charge in [0.15, 0.2) is 0 Å². The van der Waals surface area contributed by atoms with E-state index in [2.05, 4.69) is 11.9 Å². The van der Waals surface area contributed by atoms with Gasteiger partial charge in [-0.1, -0.05) is 6.58 Å². The van der Waals surface area contributed by atoms with E-state index in [1.165, 1.54) is 6.92 Å². The molecule has 0 aromatic heterocycles. The Labute approximate surface area is 132 Å². The molecule has 0 saturated heterocycles. The van der Waals surface area contributed by atoms with Crippen molar-refractivity contribution in [3.63, 3.8) is 0 Å². The summed E-state index contributed by atoms with van der Waals surface area (Å²) in [6.07, 6.45) is 0.279. The van der Waals surface area contributed by atoms with Gasteiger partial charge >= 0.3 is 15.5 Å². The van der Waals surface area contributed by atoms with Crippen LogP contribution >= 0.6 is 0 Å². The molecule has 0 radical (unpaired) electrons. The SMILES string of the molecule is C=C(C)C(=O)NC1CCC(S(=O)(=O)NS(=O)(=O)C(F)(F)F)CC1. The zero-order chi connectivity index (χ0) is 18.1. The molecule has 0 unspecified atom stereocenters. The van der Waals surface area contributed by atoms with Crippen LogP contribution in [0, 0.1) is 0 Å². The van der Waals surface area contributed by atoms with Gasteiger partial charge in [0.25, 0.3) is 0 Å². The Kier molecular flexibility index (Phi) is 5.86. The molecule has 1 amide bonds. The van der Waals surface area contributed by atoms with Crippen LogP contribution in [0.4, 0.5) is 13.2 Å². The predicted octanol–water partition coefficient (Wildman–Crippen LogP) is 0.759. The fourth-order valence-electron chi connectivity index (χ4n) is 2.09. The normalized spacial score (nSPS) is 23.3. The van der Waals surface area contributed by atoms with Gasteiger partial charge in [-0.2, -0.15) is 13.2 Å². The molecule has 134 valence electrons. The third-order valence-electron chi connectivity index (χ3n) is 3.37. The van der Waals surface area contributed by atoms with Crippen molar-refractivity contribution < 1.29 is 34.8 Å². The van der Waals surface area contributed by atoms with Crippen LogP contribution in [0.1, 0.15) is 32.6 Å². The first-order chi connectivity index (χ1) is 10.3. The lowest BCUT2D eigenvalue weighted by molar-refractivity contribution is -0.118. The number of hydrogen-bond acceptors (Lipinski definition) is 5.